The zero-order chi connectivity index (χ0) is 27.2. The van der Waals surface area contributed by atoms with Gasteiger partial charge in [0.1, 0.15) is 18.1 Å². The summed E-state index contributed by atoms with van der Waals surface area (Å²) in [6.45, 7) is 0.281. The molecule has 0 aliphatic heterocycles. The van der Waals surface area contributed by atoms with Crippen LogP contribution in [-0.2, 0) is 11.9 Å². The number of benzene rings is 4. The first kappa shape index (κ1) is 28.9. The van der Waals surface area contributed by atoms with Crippen molar-refractivity contribution >= 4 is 27.3 Å². The third-order valence-electron chi connectivity index (χ3n) is 4.49. The summed E-state index contributed by atoms with van der Waals surface area (Å²) in [6.07, 6.45) is 0. The van der Waals surface area contributed by atoms with Crippen molar-refractivity contribution in [1.82, 2.24) is 0 Å². The fraction of sp³-hybridized carbons (Fsp3) is 0.0769. The van der Waals surface area contributed by atoms with Gasteiger partial charge in [-0.05, 0) is 35.4 Å². The van der Waals surface area contributed by atoms with Crippen molar-refractivity contribution in [3.8, 4) is 11.5 Å². The van der Waals surface area contributed by atoms with Gasteiger partial charge in [-0.3, -0.25) is 20.2 Å². The second kappa shape index (κ2) is 14.9. The highest BCUT2D eigenvalue weighted by Crippen LogP contribution is 2.24. The minimum atomic E-state index is -0.951. The number of hydrogen-bond acceptors (Lipinski definition) is 6. The van der Waals surface area contributed by atoms with Crippen LogP contribution in [0.3, 0.4) is 0 Å². The molecule has 0 saturated carbocycles. The molecule has 4 aromatic carbocycles. The zero-order valence-electron chi connectivity index (χ0n) is 19.2. The first-order valence-electron chi connectivity index (χ1n) is 10.5. The van der Waals surface area contributed by atoms with E-state index in [-0.39, 0.29) is 18.1 Å². The lowest BCUT2D eigenvalue weighted by atomic mass is 10.2. The molecule has 0 aliphatic rings. The second-order valence-electron chi connectivity index (χ2n) is 7.16. The Labute approximate surface area is 219 Å². The zero-order valence-corrected chi connectivity index (χ0v) is 20.8. The average Bonchev–Trinajstić information content (AvgIpc) is 2.91. The summed E-state index contributed by atoms with van der Waals surface area (Å²) in [6, 6.07) is 25.8. The highest BCUT2D eigenvalue weighted by atomic mass is 79.9. The molecule has 0 heterocycles. The van der Waals surface area contributed by atoms with Crippen LogP contribution < -0.4 is 4.74 Å². The van der Waals surface area contributed by atoms with Crippen molar-refractivity contribution in [3.63, 3.8) is 0 Å². The van der Waals surface area contributed by atoms with Gasteiger partial charge in [0.05, 0.1) is 22.0 Å². The lowest BCUT2D eigenvalue weighted by molar-refractivity contribution is -0.387. The fourth-order valence-electron chi connectivity index (χ4n) is 2.67. The molecular weight excluding hydrogens is 554 g/mol. The maximum atomic E-state index is 13.1. The number of nitro groups is 2. The Morgan fingerprint density at radius 3 is 1.68 bits per heavy atom. The molecule has 0 aromatic heterocycles. The van der Waals surface area contributed by atoms with Crippen molar-refractivity contribution in [2.24, 2.45) is 0 Å². The predicted molar refractivity (Wildman–Crippen MR) is 138 cm³/mol. The minimum Gasteiger partial charge on any atom is -0.508 e. The highest BCUT2D eigenvalue weighted by molar-refractivity contribution is 9.08. The molecule has 4 rings (SSSR count). The molecule has 0 spiro atoms. The largest absolute Gasteiger partial charge is 0.508 e. The van der Waals surface area contributed by atoms with Crippen LogP contribution in [0.15, 0.2) is 97.1 Å². The van der Waals surface area contributed by atoms with E-state index in [0.717, 1.165) is 41.2 Å². The van der Waals surface area contributed by atoms with Gasteiger partial charge in [-0.2, -0.15) is 8.78 Å². The first-order chi connectivity index (χ1) is 17.7. The number of phenols is 1. The Morgan fingerprint density at radius 2 is 1.22 bits per heavy atom. The molecule has 192 valence electrons. The number of phenolic OH excluding ortho intramolecular Hbond substituents is 1. The Hall–Kier alpha value is -4.38. The molecule has 0 aliphatic carbocycles. The number of nitrogens with zero attached hydrogens (tertiary/aromatic N) is 2. The first-order valence-corrected chi connectivity index (χ1v) is 11.7. The lowest BCUT2D eigenvalue weighted by Gasteiger charge is -2.06. The SMILES string of the molecule is BrCc1ccccc1.O=[N+]([O-])c1cc(O)ccc1F.O=[N+]([O-])c1cc(OCc2ccccc2)ccc1F. The standard InChI is InChI=1S/C13H10FNO3.C7H7Br.C6H4FNO3/c14-12-7-6-11(8-13(12)15(16)17)18-9-10-4-2-1-3-5-10;8-6-7-4-2-1-3-5-7;7-5-2-1-4(9)3-6(5)8(10)11/h1-8H,9H2;1-5H,6H2;1-3,9H. The molecule has 1 N–H and O–H groups in total. The Kier molecular flexibility index (Phi) is 11.6. The molecule has 0 amide bonds. The summed E-state index contributed by atoms with van der Waals surface area (Å²) in [4.78, 5) is 18.9. The van der Waals surface area contributed by atoms with E-state index < -0.39 is 32.9 Å². The number of hydrogen-bond donors (Lipinski definition) is 1. The van der Waals surface area contributed by atoms with Crippen LogP contribution in [-0.4, -0.2) is 15.0 Å². The summed E-state index contributed by atoms with van der Waals surface area (Å²) in [5, 5.41) is 30.3. The van der Waals surface area contributed by atoms with Gasteiger partial charge < -0.3 is 9.84 Å². The van der Waals surface area contributed by atoms with Crippen LogP contribution in [0.25, 0.3) is 0 Å². The van der Waals surface area contributed by atoms with Gasteiger partial charge >= 0.3 is 11.4 Å². The summed E-state index contributed by atoms with van der Waals surface area (Å²) in [5.41, 5.74) is 0.961. The van der Waals surface area contributed by atoms with E-state index in [0.29, 0.717) is 0 Å². The van der Waals surface area contributed by atoms with Crippen molar-refractivity contribution in [3.05, 3.63) is 140 Å². The van der Waals surface area contributed by atoms with E-state index in [9.17, 15) is 29.0 Å². The highest BCUT2D eigenvalue weighted by Gasteiger charge is 2.15. The summed E-state index contributed by atoms with van der Waals surface area (Å²) >= 11 is 3.36. The van der Waals surface area contributed by atoms with Gasteiger partial charge in [0.25, 0.3) is 0 Å². The molecule has 0 atom stereocenters. The van der Waals surface area contributed by atoms with Crippen molar-refractivity contribution in [1.29, 1.82) is 0 Å². The monoisotopic (exact) mass is 574 g/mol. The molecule has 0 unspecified atom stereocenters. The maximum absolute atomic E-state index is 13.1. The number of rotatable bonds is 6. The quantitative estimate of drug-likeness (QED) is 0.146. The molecule has 8 nitrogen and oxygen atoms in total. The van der Waals surface area contributed by atoms with Crippen LogP contribution in [0.2, 0.25) is 0 Å². The van der Waals surface area contributed by atoms with Crippen LogP contribution in [0, 0.1) is 31.9 Å². The molecule has 4 aromatic rings. The summed E-state index contributed by atoms with van der Waals surface area (Å²) in [5.74, 6) is -1.87. The topological polar surface area (TPSA) is 116 Å². The van der Waals surface area contributed by atoms with Crippen LogP contribution in [0.5, 0.6) is 11.5 Å². The van der Waals surface area contributed by atoms with E-state index in [4.69, 9.17) is 9.84 Å². The van der Waals surface area contributed by atoms with Gasteiger partial charge in [0.15, 0.2) is 0 Å². The minimum absolute atomic E-state index is 0.270. The smallest absolute Gasteiger partial charge is 0.308 e. The molecule has 0 fully saturated rings. The number of ether oxygens (including phenoxy) is 1. The van der Waals surface area contributed by atoms with Crippen LogP contribution >= 0.6 is 15.9 Å². The number of halogens is 3. The summed E-state index contributed by atoms with van der Waals surface area (Å²) in [7, 11) is 0. The van der Waals surface area contributed by atoms with Gasteiger partial charge in [0, 0.05) is 5.33 Å². The number of alkyl halides is 1. The Bertz CT molecular complexity index is 1310. The van der Waals surface area contributed by atoms with E-state index >= 15 is 0 Å². The number of nitro benzene ring substituents is 2. The second-order valence-corrected chi connectivity index (χ2v) is 7.72. The van der Waals surface area contributed by atoms with Crippen LogP contribution in [0.1, 0.15) is 11.1 Å². The third-order valence-corrected chi connectivity index (χ3v) is 5.13. The molecule has 0 saturated heterocycles. The van der Waals surface area contributed by atoms with Crippen molar-refractivity contribution < 1.29 is 28.5 Å². The van der Waals surface area contributed by atoms with E-state index in [1.54, 1.807) is 0 Å². The average molecular weight is 575 g/mol. The van der Waals surface area contributed by atoms with Gasteiger partial charge in [-0.25, -0.2) is 0 Å². The van der Waals surface area contributed by atoms with Crippen molar-refractivity contribution in [2.45, 2.75) is 11.9 Å². The van der Waals surface area contributed by atoms with E-state index in [2.05, 4.69) is 28.1 Å². The van der Waals surface area contributed by atoms with E-state index in [1.165, 1.54) is 11.6 Å². The van der Waals surface area contributed by atoms with Crippen molar-refractivity contribution in [2.75, 3.05) is 0 Å². The van der Waals surface area contributed by atoms with E-state index in [1.807, 2.05) is 48.5 Å². The molecule has 11 heteroatoms. The Morgan fingerprint density at radius 1 is 0.730 bits per heavy atom. The van der Waals surface area contributed by atoms with Gasteiger partial charge in [-0.15, -0.1) is 0 Å². The fourth-order valence-corrected chi connectivity index (χ4v) is 3.04. The predicted octanol–water partition coefficient (Wildman–Crippen LogP) is 7.33. The molecule has 37 heavy (non-hydrogen) atoms. The normalized spacial score (nSPS) is 9.70. The van der Waals surface area contributed by atoms with Gasteiger partial charge in [0.2, 0.25) is 11.6 Å². The molecular formula is C26H21BrF2N2O6. The Balaban J connectivity index is 0.000000215. The molecule has 0 bridgehead atoms. The summed E-state index contributed by atoms with van der Waals surface area (Å²) < 4.78 is 30.9. The van der Waals surface area contributed by atoms with Crippen LogP contribution in [0.4, 0.5) is 20.2 Å². The number of aromatic hydroxyl groups is 1. The maximum Gasteiger partial charge on any atom is 0.308 e. The van der Waals surface area contributed by atoms with Gasteiger partial charge in [-0.1, -0.05) is 76.6 Å². The molecule has 0 radical (unpaired) electrons. The lowest BCUT2D eigenvalue weighted by Crippen LogP contribution is -1.97. The third kappa shape index (κ3) is 10.0.